The smallest absolute Gasteiger partial charge is 0.251 e. The van der Waals surface area contributed by atoms with Crippen LogP contribution in [-0.2, 0) is 9.53 Å². The highest BCUT2D eigenvalue weighted by molar-refractivity contribution is 5.94. The van der Waals surface area contributed by atoms with Crippen molar-refractivity contribution in [3.8, 4) is 0 Å². The molecule has 0 aromatic heterocycles. The lowest BCUT2D eigenvalue weighted by Crippen LogP contribution is -2.49. The van der Waals surface area contributed by atoms with Gasteiger partial charge < -0.3 is 15.0 Å². The van der Waals surface area contributed by atoms with Crippen LogP contribution >= 0.6 is 0 Å². The molecule has 0 spiro atoms. The minimum Gasteiger partial charge on any atom is -0.378 e. The van der Waals surface area contributed by atoms with Crippen LogP contribution in [0.4, 0.5) is 0 Å². The van der Waals surface area contributed by atoms with Crippen molar-refractivity contribution in [3.63, 3.8) is 0 Å². The molecule has 0 aliphatic carbocycles. The van der Waals surface area contributed by atoms with Crippen LogP contribution in [0.5, 0.6) is 0 Å². The van der Waals surface area contributed by atoms with Crippen LogP contribution in [0, 0.1) is 0 Å². The maximum absolute atomic E-state index is 12.6. The largest absolute Gasteiger partial charge is 0.378 e. The summed E-state index contributed by atoms with van der Waals surface area (Å²) < 4.78 is 5.62. The van der Waals surface area contributed by atoms with Crippen molar-refractivity contribution in [2.75, 3.05) is 19.7 Å². The fourth-order valence-corrected chi connectivity index (χ4v) is 3.74. The summed E-state index contributed by atoms with van der Waals surface area (Å²) in [6.45, 7) is 2.16. The average molecular weight is 344 g/mol. The van der Waals surface area contributed by atoms with Gasteiger partial charge in [0.2, 0.25) is 5.91 Å². The Hall–Kier alpha value is -1.88. The number of likely N-dealkylation sites (tertiary alicyclic amines) is 1. The molecule has 0 bridgehead atoms. The van der Waals surface area contributed by atoms with Crippen molar-refractivity contribution in [3.05, 3.63) is 35.9 Å². The van der Waals surface area contributed by atoms with Crippen LogP contribution in [0.15, 0.2) is 30.3 Å². The van der Waals surface area contributed by atoms with Crippen LogP contribution in [0.2, 0.25) is 0 Å². The van der Waals surface area contributed by atoms with Gasteiger partial charge in [0, 0.05) is 37.7 Å². The molecule has 25 heavy (non-hydrogen) atoms. The first-order chi connectivity index (χ1) is 12.2. The van der Waals surface area contributed by atoms with Crippen LogP contribution in [0.25, 0.3) is 0 Å². The van der Waals surface area contributed by atoms with Gasteiger partial charge in [0.1, 0.15) is 0 Å². The molecule has 2 fully saturated rings. The van der Waals surface area contributed by atoms with Crippen molar-refractivity contribution in [1.29, 1.82) is 0 Å². The fraction of sp³-hybridized carbons (Fsp3) is 0.600. The van der Waals surface area contributed by atoms with Crippen LogP contribution in [0.1, 0.15) is 55.3 Å². The monoisotopic (exact) mass is 344 g/mol. The van der Waals surface area contributed by atoms with E-state index in [9.17, 15) is 9.59 Å². The Bertz CT molecular complexity index is 570. The number of carbonyl (C=O) groups excluding carboxylic acids is 2. The summed E-state index contributed by atoms with van der Waals surface area (Å²) in [4.78, 5) is 26.8. The molecule has 5 heteroatoms. The molecule has 0 unspecified atom stereocenters. The Labute approximate surface area is 149 Å². The van der Waals surface area contributed by atoms with Crippen molar-refractivity contribution in [2.24, 2.45) is 0 Å². The summed E-state index contributed by atoms with van der Waals surface area (Å²) in [6, 6.07) is 9.33. The van der Waals surface area contributed by atoms with E-state index in [4.69, 9.17) is 4.74 Å². The molecule has 2 saturated heterocycles. The van der Waals surface area contributed by atoms with Crippen molar-refractivity contribution in [2.45, 2.75) is 57.1 Å². The summed E-state index contributed by atoms with van der Waals surface area (Å²) in [5, 5.41) is 2.99. The number of nitrogens with zero attached hydrogens (tertiary/aromatic N) is 1. The van der Waals surface area contributed by atoms with Crippen molar-refractivity contribution < 1.29 is 14.3 Å². The highest BCUT2D eigenvalue weighted by Gasteiger charge is 2.27. The van der Waals surface area contributed by atoms with Crippen LogP contribution in [0.3, 0.4) is 0 Å². The molecular formula is C20H28N2O3. The highest BCUT2D eigenvalue weighted by Crippen LogP contribution is 2.21. The molecule has 2 amide bonds. The lowest BCUT2D eigenvalue weighted by Gasteiger charge is -2.36. The van der Waals surface area contributed by atoms with Gasteiger partial charge in [-0.3, -0.25) is 9.59 Å². The molecule has 1 N–H and O–H groups in total. The van der Waals surface area contributed by atoms with E-state index in [-0.39, 0.29) is 24.0 Å². The topological polar surface area (TPSA) is 58.6 Å². The predicted octanol–water partition coefficient (Wildman–Crippen LogP) is 2.76. The van der Waals surface area contributed by atoms with Gasteiger partial charge in [-0.25, -0.2) is 0 Å². The van der Waals surface area contributed by atoms with E-state index in [1.807, 2.05) is 23.1 Å². The number of amides is 2. The van der Waals surface area contributed by atoms with Crippen LogP contribution in [-0.4, -0.2) is 48.6 Å². The Morgan fingerprint density at radius 2 is 1.96 bits per heavy atom. The van der Waals surface area contributed by atoms with E-state index in [1.165, 1.54) is 0 Å². The molecule has 3 rings (SSSR count). The SMILES string of the molecule is O=C(NC[C@H]1CCCCN1C(=O)CC[C@H]1CCCO1)c1ccccc1. The standard InChI is InChI=1S/C20H28N2O3/c23-19(12-11-18-10-6-14-25-18)22-13-5-4-9-17(22)15-21-20(24)16-7-2-1-3-8-16/h1-3,7-8,17-18H,4-6,9-15H2,(H,21,24)/t17-,18-/m1/s1. The number of ether oxygens (including phenoxy) is 1. The molecule has 0 radical (unpaired) electrons. The summed E-state index contributed by atoms with van der Waals surface area (Å²) in [5.74, 6) is 0.132. The van der Waals surface area contributed by atoms with Crippen molar-refractivity contribution in [1.82, 2.24) is 10.2 Å². The molecule has 1 aromatic carbocycles. The number of hydrogen-bond acceptors (Lipinski definition) is 3. The second-order valence-corrected chi connectivity index (χ2v) is 6.99. The molecule has 2 heterocycles. The minimum absolute atomic E-state index is 0.0714. The van der Waals surface area contributed by atoms with Crippen molar-refractivity contribution >= 4 is 11.8 Å². The second kappa shape index (κ2) is 8.99. The number of carbonyl (C=O) groups is 2. The maximum atomic E-state index is 12.6. The van der Waals surface area contributed by atoms with E-state index < -0.39 is 0 Å². The number of piperidine rings is 1. The van der Waals surface area contributed by atoms with Gasteiger partial charge in [0.05, 0.1) is 6.10 Å². The number of hydrogen-bond donors (Lipinski definition) is 1. The van der Waals surface area contributed by atoms with Gasteiger partial charge in [-0.2, -0.15) is 0 Å². The molecule has 2 aliphatic rings. The normalized spacial score (nSPS) is 23.4. The minimum atomic E-state index is -0.0714. The Kier molecular flexibility index (Phi) is 6.45. The van der Waals surface area contributed by atoms with Gasteiger partial charge in [-0.05, 0) is 50.7 Å². The van der Waals surface area contributed by atoms with Gasteiger partial charge in [-0.15, -0.1) is 0 Å². The lowest BCUT2D eigenvalue weighted by atomic mass is 10.0. The highest BCUT2D eigenvalue weighted by atomic mass is 16.5. The van der Waals surface area contributed by atoms with Gasteiger partial charge in [0.15, 0.2) is 0 Å². The molecule has 2 aliphatic heterocycles. The van der Waals surface area contributed by atoms with E-state index in [0.29, 0.717) is 18.5 Å². The number of rotatable bonds is 6. The number of benzene rings is 1. The molecule has 0 saturated carbocycles. The molecule has 5 nitrogen and oxygen atoms in total. The zero-order valence-electron chi connectivity index (χ0n) is 14.8. The second-order valence-electron chi connectivity index (χ2n) is 6.99. The predicted molar refractivity (Wildman–Crippen MR) is 96.3 cm³/mol. The summed E-state index contributed by atoms with van der Waals surface area (Å²) in [5.41, 5.74) is 0.662. The van der Waals surface area contributed by atoms with Gasteiger partial charge >= 0.3 is 0 Å². The van der Waals surface area contributed by atoms with E-state index in [2.05, 4.69) is 5.32 Å². The third kappa shape index (κ3) is 5.05. The zero-order chi connectivity index (χ0) is 17.5. The number of nitrogens with one attached hydrogen (secondary N) is 1. The Morgan fingerprint density at radius 3 is 2.72 bits per heavy atom. The third-order valence-electron chi connectivity index (χ3n) is 5.19. The zero-order valence-corrected chi connectivity index (χ0v) is 14.8. The Morgan fingerprint density at radius 1 is 1.12 bits per heavy atom. The summed E-state index contributed by atoms with van der Waals surface area (Å²) >= 11 is 0. The first kappa shape index (κ1) is 17.9. The average Bonchev–Trinajstić information content (AvgIpc) is 3.19. The Balaban J connectivity index is 1.49. The molecular weight excluding hydrogens is 316 g/mol. The van der Waals surface area contributed by atoms with Gasteiger partial charge in [0.25, 0.3) is 5.91 Å². The quantitative estimate of drug-likeness (QED) is 0.863. The van der Waals surface area contributed by atoms with E-state index >= 15 is 0 Å². The molecule has 2 atom stereocenters. The first-order valence-corrected chi connectivity index (χ1v) is 9.48. The van der Waals surface area contributed by atoms with E-state index in [1.54, 1.807) is 12.1 Å². The summed E-state index contributed by atoms with van der Waals surface area (Å²) in [6.07, 6.45) is 6.92. The molecule has 1 aromatic rings. The van der Waals surface area contributed by atoms with E-state index in [0.717, 1.165) is 51.7 Å². The third-order valence-corrected chi connectivity index (χ3v) is 5.19. The first-order valence-electron chi connectivity index (χ1n) is 9.48. The van der Waals surface area contributed by atoms with Crippen LogP contribution < -0.4 is 5.32 Å². The van der Waals surface area contributed by atoms with Gasteiger partial charge in [-0.1, -0.05) is 18.2 Å². The lowest BCUT2D eigenvalue weighted by molar-refractivity contribution is -0.135. The molecule has 136 valence electrons. The maximum Gasteiger partial charge on any atom is 0.251 e. The fourth-order valence-electron chi connectivity index (χ4n) is 3.74. The summed E-state index contributed by atoms with van der Waals surface area (Å²) in [7, 11) is 0.